The van der Waals surface area contributed by atoms with Gasteiger partial charge in [-0.3, -0.25) is 9.59 Å². The fourth-order valence-corrected chi connectivity index (χ4v) is 3.49. The van der Waals surface area contributed by atoms with Gasteiger partial charge in [-0.2, -0.15) is 0 Å². The summed E-state index contributed by atoms with van der Waals surface area (Å²) in [6.07, 6.45) is 0.930. The summed E-state index contributed by atoms with van der Waals surface area (Å²) in [6.45, 7) is 4.35. The smallest absolute Gasteiger partial charge is 0.242 e. The average Bonchev–Trinajstić information content (AvgIpc) is 2.65. The molecule has 0 spiro atoms. The molecule has 1 unspecified atom stereocenters. The molecule has 0 aliphatic rings. The predicted octanol–water partition coefficient (Wildman–Crippen LogP) is 5.13. The molecule has 1 N–H and O–H groups in total. The van der Waals surface area contributed by atoms with Gasteiger partial charge in [0.15, 0.2) is 0 Å². The number of carbonyl (C=O) groups excluding carboxylic acids is 2. The van der Waals surface area contributed by atoms with E-state index in [0.717, 1.165) is 12.0 Å². The lowest BCUT2D eigenvalue weighted by atomic mass is 10.1. The molecule has 0 bridgehead atoms. The highest BCUT2D eigenvalue weighted by molar-refractivity contribution is 6.36. The fraction of sp³-hybridized carbons (Fsp3) is 0.333. The fourth-order valence-electron chi connectivity index (χ4n) is 2.76. The molecular weight excluding hydrogens is 419 g/mol. The molecule has 7 heteroatoms. The third-order valence-corrected chi connectivity index (χ3v) is 5.29. The second-order valence-corrected chi connectivity index (χ2v) is 7.75. The van der Waals surface area contributed by atoms with E-state index in [-0.39, 0.29) is 24.8 Å². The predicted molar refractivity (Wildman–Crippen MR) is 115 cm³/mol. The van der Waals surface area contributed by atoms with Gasteiger partial charge < -0.3 is 10.2 Å². The van der Waals surface area contributed by atoms with Crippen LogP contribution < -0.4 is 5.32 Å². The second-order valence-electron chi connectivity index (χ2n) is 6.50. The van der Waals surface area contributed by atoms with Gasteiger partial charge in [-0.25, -0.2) is 0 Å². The van der Waals surface area contributed by atoms with Crippen molar-refractivity contribution in [2.75, 3.05) is 6.54 Å². The van der Waals surface area contributed by atoms with E-state index >= 15 is 0 Å². The first-order valence-electron chi connectivity index (χ1n) is 9.08. The van der Waals surface area contributed by atoms with Crippen molar-refractivity contribution in [1.82, 2.24) is 10.2 Å². The summed E-state index contributed by atoms with van der Waals surface area (Å²) < 4.78 is 0. The molecule has 0 fully saturated rings. The third-order valence-electron chi connectivity index (χ3n) is 4.35. The number of halogens is 3. The first-order valence-corrected chi connectivity index (χ1v) is 10.2. The topological polar surface area (TPSA) is 49.4 Å². The number of hydrogen-bond donors (Lipinski definition) is 1. The summed E-state index contributed by atoms with van der Waals surface area (Å²) in [5.74, 6) is -0.429. The molecule has 28 heavy (non-hydrogen) atoms. The van der Waals surface area contributed by atoms with E-state index in [4.69, 9.17) is 34.8 Å². The van der Waals surface area contributed by atoms with Gasteiger partial charge in [-0.15, -0.1) is 0 Å². The van der Waals surface area contributed by atoms with Crippen LogP contribution in [0, 0.1) is 0 Å². The SMILES string of the molecule is CCCNC(=O)C(C)N(Cc1c(Cl)cccc1Cl)C(=O)Cc1cccc(Cl)c1. The lowest BCUT2D eigenvalue weighted by molar-refractivity contribution is -0.140. The maximum absolute atomic E-state index is 13.1. The molecule has 0 aliphatic carbocycles. The summed E-state index contributed by atoms with van der Waals surface area (Å²) in [7, 11) is 0. The molecule has 0 radical (unpaired) electrons. The van der Waals surface area contributed by atoms with Gasteiger partial charge in [0, 0.05) is 33.7 Å². The van der Waals surface area contributed by atoms with Crippen molar-refractivity contribution in [3.8, 4) is 0 Å². The molecule has 2 amide bonds. The van der Waals surface area contributed by atoms with E-state index in [1.54, 1.807) is 43.3 Å². The van der Waals surface area contributed by atoms with Gasteiger partial charge in [0.05, 0.1) is 6.42 Å². The van der Waals surface area contributed by atoms with Gasteiger partial charge >= 0.3 is 0 Å². The Morgan fingerprint density at radius 1 is 1.07 bits per heavy atom. The van der Waals surface area contributed by atoms with Crippen LogP contribution in [0.15, 0.2) is 42.5 Å². The number of rotatable bonds is 8. The Bertz CT molecular complexity index is 822. The van der Waals surface area contributed by atoms with Crippen LogP contribution in [0.4, 0.5) is 0 Å². The standard InChI is InChI=1S/C21H23Cl3N2O2/c1-3-10-25-21(28)14(2)26(13-17-18(23)8-5-9-19(17)24)20(27)12-15-6-4-7-16(22)11-15/h4-9,11,14H,3,10,12-13H2,1-2H3,(H,25,28). The minimum Gasteiger partial charge on any atom is -0.354 e. The highest BCUT2D eigenvalue weighted by atomic mass is 35.5. The molecule has 0 aromatic heterocycles. The first-order chi connectivity index (χ1) is 13.3. The van der Waals surface area contributed by atoms with Gasteiger partial charge in [0.25, 0.3) is 0 Å². The summed E-state index contributed by atoms with van der Waals surface area (Å²) in [4.78, 5) is 27.1. The number of amides is 2. The highest BCUT2D eigenvalue weighted by Crippen LogP contribution is 2.27. The van der Waals surface area contributed by atoms with Crippen LogP contribution in [0.2, 0.25) is 15.1 Å². The van der Waals surface area contributed by atoms with Crippen molar-refractivity contribution in [2.24, 2.45) is 0 Å². The van der Waals surface area contributed by atoms with E-state index in [1.165, 1.54) is 4.90 Å². The van der Waals surface area contributed by atoms with E-state index in [9.17, 15) is 9.59 Å². The summed E-state index contributed by atoms with van der Waals surface area (Å²) in [5, 5.41) is 4.30. The van der Waals surface area contributed by atoms with Crippen LogP contribution in [0.25, 0.3) is 0 Å². The molecule has 0 heterocycles. The number of nitrogens with zero attached hydrogens (tertiary/aromatic N) is 1. The normalized spacial score (nSPS) is 11.8. The minimum atomic E-state index is -0.675. The van der Waals surface area contributed by atoms with E-state index in [2.05, 4.69) is 5.32 Å². The number of carbonyl (C=O) groups is 2. The molecule has 0 aliphatic heterocycles. The lowest BCUT2D eigenvalue weighted by Crippen LogP contribution is -2.48. The zero-order chi connectivity index (χ0) is 20.7. The summed E-state index contributed by atoms with van der Waals surface area (Å²) >= 11 is 18.6. The van der Waals surface area contributed by atoms with Crippen LogP contribution in [0.1, 0.15) is 31.4 Å². The Hall–Kier alpha value is -1.75. The number of hydrogen-bond acceptors (Lipinski definition) is 2. The van der Waals surface area contributed by atoms with Gasteiger partial charge in [0.1, 0.15) is 6.04 Å². The number of benzene rings is 2. The number of nitrogens with one attached hydrogen (secondary N) is 1. The van der Waals surface area contributed by atoms with Crippen molar-refractivity contribution >= 4 is 46.6 Å². The summed E-state index contributed by atoms with van der Waals surface area (Å²) in [6, 6.07) is 11.6. The van der Waals surface area contributed by atoms with Crippen molar-refractivity contribution < 1.29 is 9.59 Å². The van der Waals surface area contributed by atoms with Gasteiger partial charge in [0.2, 0.25) is 11.8 Å². The van der Waals surface area contributed by atoms with Crippen LogP contribution in [0.3, 0.4) is 0 Å². The Morgan fingerprint density at radius 2 is 1.71 bits per heavy atom. The van der Waals surface area contributed by atoms with Crippen LogP contribution in [-0.2, 0) is 22.6 Å². The largest absolute Gasteiger partial charge is 0.354 e. The van der Waals surface area contributed by atoms with E-state index < -0.39 is 6.04 Å². The van der Waals surface area contributed by atoms with Gasteiger partial charge in [-0.1, -0.05) is 59.9 Å². The van der Waals surface area contributed by atoms with Crippen molar-refractivity contribution in [3.05, 3.63) is 68.7 Å². The van der Waals surface area contributed by atoms with Gasteiger partial charge in [-0.05, 0) is 43.2 Å². The zero-order valence-corrected chi connectivity index (χ0v) is 18.1. The Labute approximate surface area is 180 Å². The maximum Gasteiger partial charge on any atom is 0.242 e. The average molecular weight is 442 g/mol. The first kappa shape index (κ1) is 22.5. The molecule has 2 rings (SSSR count). The Morgan fingerprint density at radius 3 is 2.32 bits per heavy atom. The molecule has 0 saturated heterocycles. The molecule has 2 aromatic rings. The molecule has 2 aromatic carbocycles. The van der Waals surface area contributed by atoms with Crippen molar-refractivity contribution in [1.29, 1.82) is 0 Å². The van der Waals surface area contributed by atoms with E-state index in [1.807, 2.05) is 13.0 Å². The van der Waals surface area contributed by atoms with Crippen molar-refractivity contribution in [2.45, 2.75) is 39.3 Å². The molecular formula is C21H23Cl3N2O2. The molecule has 4 nitrogen and oxygen atoms in total. The van der Waals surface area contributed by atoms with Crippen LogP contribution in [0.5, 0.6) is 0 Å². The van der Waals surface area contributed by atoms with Crippen LogP contribution in [-0.4, -0.2) is 29.3 Å². The monoisotopic (exact) mass is 440 g/mol. The second kappa shape index (κ2) is 10.7. The maximum atomic E-state index is 13.1. The van der Waals surface area contributed by atoms with Crippen LogP contribution >= 0.6 is 34.8 Å². The molecule has 0 saturated carbocycles. The Balaban J connectivity index is 2.29. The zero-order valence-electron chi connectivity index (χ0n) is 15.8. The minimum absolute atomic E-state index is 0.119. The summed E-state index contributed by atoms with van der Waals surface area (Å²) in [5.41, 5.74) is 1.38. The highest BCUT2D eigenvalue weighted by Gasteiger charge is 2.27. The Kier molecular flexibility index (Phi) is 8.61. The molecule has 1 atom stereocenters. The lowest BCUT2D eigenvalue weighted by Gasteiger charge is -2.29. The molecule has 150 valence electrons. The van der Waals surface area contributed by atoms with Crippen molar-refractivity contribution in [3.63, 3.8) is 0 Å². The van der Waals surface area contributed by atoms with E-state index in [0.29, 0.717) is 27.2 Å². The quantitative estimate of drug-likeness (QED) is 0.617. The third kappa shape index (κ3) is 6.13.